The topological polar surface area (TPSA) is 55.9 Å². The number of nitrogens with one attached hydrogen (secondary N) is 1. The van der Waals surface area contributed by atoms with Crippen LogP contribution in [0.4, 0.5) is 23.7 Å². The third-order valence-corrected chi connectivity index (χ3v) is 8.96. The molecule has 0 spiro atoms. The molecule has 41 heavy (non-hydrogen) atoms. The quantitative estimate of drug-likeness (QED) is 0.466. The van der Waals surface area contributed by atoms with Crippen LogP contribution in [0.2, 0.25) is 0 Å². The molecular weight excluding hydrogens is 529 g/mol. The van der Waals surface area contributed by atoms with Crippen LogP contribution in [-0.2, 0) is 15.7 Å². The van der Waals surface area contributed by atoms with Gasteiger partial charge >= 0.3 is 6.03 Å². The number of urea groups is 1. The van der Waals surface area contributed by atoms with Crippen LogP contribution in [0, 0.1) is 17.5 Å². The van der Waals surface area contributed by atoms with Crippen molar-refractivity contribution in [3.63, 3.8) is 0 Å². The highest BCUT2D eigenvalue weighted by molar-refractivity contribution is 5.90. The average Bonchev–Trinajstić information content (AvgIpc) is 3.78. The number of benzene rings is 3. The summed E-state index contributed by atoms with van der Waals surface area (Å²) in [5, 5.41) is 3.26. The summed E-state index contributed by atoms with van der Waals surface area (Å²) in [5.74, 6) is -1.12. The van der Waals surface area contributed by atoms with E-state index in [1.165, 1.54) is 36.4 Å². The van der Waals surface area contributed by atoms with Gasteiger partial charge in [-0.25, -0.2) is 18.0 Å². The van der Waals surface area contributed by atoms with E-state index in [0.29, 0.717) is 52.1 Å². The molecule has 9 heteroatoms. The van der Waals surface area contributed by atoms with Gasteiger partial charge in [0.15, 0.2) is 0 Å². The predicted molar refractivity (Wildman–Crippen MR) is 150 cm³/mol. The van der Waals surface area contributed by atoms with Gasteiger partial charge in [0.2, 0.25) is 5.91 Å². The number of piperazine rings is 1. The molecule has 1 saturated carbocycles. The van der Waals surface area contributed by atoms with Crippen molar-refractivity contribution in [1.29, 1.82) is 0 Å². The van der Waals surface area contributed by atoms with Gasteiger partial charge in [0.05, 0.1) is 11.0 Å². The molecule has 6 nitrogen and oxygen atoms in total. The highest BCUT2D eigenvalue weighted by Gasteiger charge is 2.51. The van der Waals surface area contributed by atoms with Gasteiger partial charge in [-0.3, -0.25) is 4.79 Å². The van der Waals surface area contributed by atoms with Crippen LogP contribution in [0.1, 0.15) is 36.8 Å². The van der Waals surface area contributed by atoms with E-state index in [4.69, 9.17) is 0 Å². The van der Waals surface area contributed by atoms with Gasteiger partial charge in [0, 0.05) is 45.0 Å². The zero-order chi connectivity index (χ0) is 28.6. The molecule has 3 amide bonds. The average molecular weight is 563 g/mol. The number of anilines is 1. The molecule has 0 atom stereocenters. The van der Waals surface area contributed by atoms with Crippen LogP contribution in [0.15, 0.2) is 72.8 Å². The molecule has 0 radical (unpaired) electrons. The van der Waals surface area contributed by atoms with E-state index in [2.05, 4.69) is 10.2 Å². The maximum absolute atomic E-state index is 14.0. The van der Waals surface area contributed by atoms with Crippen LogP contribution in [0.3, 0.4) is 0 Å². The first-order chi connectivity index (χ1) is 19.8. The highest BCUT2D eigenvalue weighted by atomic mass is 19.1. The SMILES string of the molecule is O=C(N1CCN(c2ccc(F)cc2)CC1)N1CCC(C(=O)NC2(c3ccc(F)cc3)CC2)(c2ccc(F)cc2)CC1. The third-order valence-electron chi connectivity index (χ3n) is 8.96. The lowest BCUT2D eigenvalue weighted by atomic mass is 9.71. The summed E-state index contributed by atoms with van der Waals surface area (Å²) >= 11 is 0. The van der Waals surface area contributed by atoms with E-state index in [1.54, 1.807) is 41.3 Å². The zero-order valence-corrected chi connectivity index (χ0v) is 22.8. The Morgan fingerprint density at radius 2 is 1.05 bits per heavy atom. The lowest BCUT2D eigenvalue weighted by molar-refractivity contribution is -0.129. The smallest absolute Gasteiger partial charge is 0.320 e. The minimum absolute atomic E-state index is 0.0538. The molecule has 0 aromatic heterocycles. The Morgan fingerprint density at radius 1 is 0.585 bits per heavy atom. The lowest BCUT2D eigenvalue weighted by Gasteiger charge is -2.44. The first-order valence-corrected chi connectivity index (χ1v) is 14.2. The minimum atomic E-state index is -0.915. The van der Waals surface area contributed by atoms with Crippen LogP contribution < -0.4 is 10.2 Å². The van der Waals surface area contributed by atoms with Crippen molar-refractivity contribution in [2.24, 2.45) is 0 Å². The second kappa shape index (κ2) is 10.8. The summed E-state index contributed by atoms with van der Waals surface area (Å²) in [6.45, 7) is 3.20. The fraction of sp³-hybridized carbons (Fsp3) is 0.375. The first-order valence-electron chi connectivity index (χ1n) is 14.2. The van der Waals surface area contributed by atoms with E-state index in [0.717, 1.165) is 29.7 Å². The van der Waals surface area contributed by atoms with Gasteiger partial charge in [-0.15, -0.1) is 0 Å². The van der Waals surface area contributed by atoms with Crippen molar-refractivity contribution in [3.05, 3.63) is 101 Å². The van der Waals surface area contributed by atoms with Crippen LogP contribution in [-0.4, -0.2) is 61.0 Å². The number of rotatable bonds is 5. The predicted octanol–water partition coefficient (Wildman–Crippen LogP) is 5.19. The van der Waals surface area contributed by atoms with Crippen molar-refractivity contribution in [2.45, 2.75) is 36.6 Å². The standard InChI is InChI=1S/C32H33F3N4O2/c33-25-5-1-23(2-6-25)31(29(40)36-32(13-14-32)24-3-7-26(34)8-4-24)15-17-38(18-16-31)30(41)39-21-19-37(20-22-39)28-11-9-27(35)10-12-28/h1-12H,13-22H2,(H,36,40). The summed E-state index contributed by atoms with van der Waals surface area (Å²) in [6.07, 6.45) is 2.34. The maximum Gasteiger partial charge on any atom is 0.320 e. The van der Waals surface area contributed by atoms with E-state index >= 15 is 0 Å². The Labute approximate surface area is 237 Å². The number of hydrogen-bond acceptors (Lipinski definition) is 3. The molecule has 1 N–H and O–H groups in total. The summed E-state index contributed by atoms with van der Waals surface area (Å²) < 4.78 is 40.7. The molecule has 2 aliphatic heterocycles. The Kier molecular flexibility index (Phi) is 7.13. The van der Waals surface area contributed by atoms with E-state index < -0.39 is 11.0 Å². The summed E-state index contributed by atoms with van der Waals surface area (Å²) in [7, 11) is 0. The number of hydrogen-bond donors (Lipinski definition) is 1. The van der Waals surface area contributed by atoms with Gasteiger partial charge < -0.3 is 20.0 Å². The van der Waals surface area contributed by atoms with Crippen molar-refractivity contribution in [3.8, 4) is 0 Å². The minimum Gasteiger partial charge on any atom is -0.368 e. The third kappa shape index (κ3) is 5.37. The van der Waals surface area contributed by atoms with Crippen molar-refractivity contribution in [1.82, 2.24) is 15.1 Å². The first kappa shape index (κ1) is 27.2. The second-order valence-corrected chi connectivity index (χ2v) is 11.4. The van der Waals surface area contributed by atoms with Crippen molar-refractivity contribution < 1.29 is 22.8 Å². The molecule has 3 aromatic rings. The van der Waals surface area contributed by atoms with E-state index in [9.17, 15) is 22.8 Å². The second-order valence-electron chi connectivity index (χ2n) is 11.4. The largest absolute Gasteiger partial charge is 0.368 e. The number of piperidine rings is 1. The molecule has 6 rings (SSSR count). The Bertz CT molecular complexity index is 1390. The molecule has 214 valence electrons. The van der Waals surface area contributed by atoms with Gasteiger partial charge in [-0.1, -0.05) is 24.3 Å². The maximum atomic E-state index is 14.0. The van der Waals surface area contributed by atoms with Crippen LogP contribution in [0.5, 0.6) is 0 Å². The zero-order valence-electron chi connectivity index (χ0n) is 22.8. The fourth-order valence-corrected chi connectivity index (χ4v) is 6.22. The number of carbonyl (C=O) groups is 2. The molecule has 1 aliphatic carbocycles. The number of likely N-dealkylation sites (tertiary alicyclic amines) is 1. The molecule has 0 unspecified atom stereocenters. The molecule has 2 heterocycles. The summed E-state index contributed by atoms with van der Waals surface area (Å²) in [5.41, 5.74) is 1.08. The van der Waals surface area contributed by atoms with Gasteiger partial charge in [0.1, 0.15) is 17.5 Å². The molecule has 2 saturated heterocycles. The van der Waals surface area contributed by atoms with Gasteiger partial charge in [0.25, 0.3) is 0 Å². The van der Waals surface area contributed by atoms with Crippen LogP contribution in [0.25, 0.3) is 0 Å². The Balaban J connectivity index is 1.14. The fourth-order valence-electron chi connectivity index (χ4n) is 6.22. The molecular formula is C32H33F3N4O2. The van der Waals surface area contributed by atoms with Crippen molar-refractivity contribution in [2.75, 3.05) is 44.2 Å². The Morgan fingerprint density at radius 3 is 1.56 bits per heavy atom. The number of nitrogens with zero attached hydrogens (tertiary/aromatic N) is 3. The summed E-state index contributed by atoms with van der Waals surface area (Å²) in [6, 6.07) is 18.6. The normalized spacial score (nSPS) is 19.5. The Hall–Kier alpha value is -4.01. The molecule has 3 fully saturated rings. The van der Waals surface area contributed by atoms with Gasteiger partial charge in [-0.05, 0) is 85.3 Å². The van der Waals surface area contributed by atoms with Crippen molar-refractivity contribution >= 4 is 17.6 Å². The highest BCUT2D eigenvalue weighted by Crippen LogP contribution is 2.47. The summed E-state index contributed by atoms with van der Waals surface area (Å²) in [4.78, 5) is 33.3. The lowest BCUT2D eigenvalue weighted by Crippen LogP contribution is -2.58. The molecule has 3 aliphatic rings. The van der Waals surface area contributed by atoms with Gasteiger partial charge in [-0.2, -0.15) is 0 Å². The number of amides is 3. The van der Waals surface area contributed by atoms with E-state index in [-0.39, 0.29) is 29.4 Å². The van der Waals surface area contributed by atoms with Crippen LogP contribution >= 0.6 is 0 Å². The number of halogens is 3. The number of carbonyl (C=O) groups excluding carboxylic acids is 2. The van der Waals surface area contributed by atoms with E-state index in [1.807, 2.05) is 4.90 Å². The molecule has 0 bridgehead atoms. The molecule has 3 aromatic carbocycles. The monoisotopic (exact) mass is 562 g/mol.